The number of carbonyl (C=O) groups excluding carboxylic acids is 2. The van der Waals surface area contributed by atoms with Crippen LogP contribution in [0, 0.1) is 5.92 Å². The molecule has 2 amide bonds. The maximum Gasteiger partial charge on any atom is 0.573 e. The number of nitrogens with zero attached hydrogens (tertiary/aromatic N) is 1. The molecule has 5 nitrogen and oxygen atoms in total. The molecule has 1 N–H and O–H groups in total. The fraction of sp³-hybridized carbons (Fsp3) is 0.556. The SMILES string of the molecule is CCC(=O)N1CCC[C@H](C(=O)NCCc2ccc(OC(F)(F)F)cc2)C1. The number of hydrogen-bond acceptors (Lipinski definition) is 3. The van der Waals surface area contributed by atoms with Crippen LogP contribution in [0.25, 0.3) is 0 Å². The molecule has 1 aliphatic rings. The molecule has 0 radical (unpaired) electrons. The number of hydrogen-bond donors (Lipinski definition) is 1. The molecule has 0 aromatic heterocycles. The topological polar surface area (TPSA) is 58.6 Å². The summed E-state index contributed by atoms with van der Waals surface area (Å²) in [6.07, 6.45) is -2.21. The van der Waals surface area contributed by atoms with Gasteiger partial charge in [-0.1, -0.05) is 19.1 Å². The lowest BCUT2D eigenvalue weighted by molar-refractivity contribution is -0.274. The molecule has 1 aromatic carbocycles. The molecule has 1 atom stereocenters. The van der Waals surface area contributed by atoms with Gasteiger partial charge < -0.3 is 15.0 Å². The number of alkyl halides is 3. The Balaban J connectivity index is 1.76. The average Bonchev–Trinajstić information content (AvgIpc) is 2.61. The van der Waals surface area contributed by atoms with Crippen molar-refractivity contribution < 1.29 is 27.5 Å². The summed E-state index contributed by atoms with van der Waals surface area (Å²) < 4.78 is 40.2. The summed E-state index contributed by atoms with van der Waals surface area (Å²) in [4.78, 5) is 25.8. The first-order chi connectivity index (χ1) is 12.3. The Morgan fingerprint density at radius 2 is 1.96 bits per heavy atom. The molecule has 0 bridgehead atoms. The maximum atomic E-state index is 12.3. The van der Waals surface area contributed by atoms with Gasteiger partial charge >= 0.3 is 6.36 Å². The monoisotopic (exact) mass is 372 g/mol. The van der Waals surface area contributed by atoms with Crippen molar-refractivity contribution >= 4 is 11.8 Å². The van der Waals surface area contributed by atoms with E-state index in [9.17, 15) is 22.8 Å². The molecule has 2 rings (SSSR count). The maximum absolute atomic E-state index is 12.3. The van der Waals surface area contributed by atoms with Crippen molar-refractivity contribution in [2.24, 2.45) is 5.92 Å². The third-order valence-electron chi connectivity index (χ3n) is 4.32. The number of likely N-dealkylation sites (tertiary alicyclic amines) is 1. The van der Waals surface area contributed by atoms with Gasteiger partial charge in [-0.25, -0.2) is 0 Å². The predicted octanol–water partition coefficient (Wildman–Crippen LogP) is 2.89. The van der Waals surface area contributed by atoms with Crippen molar-refractivity contribution in [2.45, 2.75) is 39.0 Å². The van der Waals surface area contributed by atoms with Crippen LogP contribution in [0.1, 0.15) is 31.7 Å². The molecule has 1 heterocycles. The van der Waals surface area contributed by atoms with E-state index in [1.165, 1.54) is 24.3 Å². The number of rotatable bonds is 6. The predicted molar refractivity (Wildman–Crippen MR) is 89.4 cm³/mol. The Hall–Kier alpha value is -2.25. The van der Waals surface area contributed by atoms with Crippen LogP contribution in [0.4, 0.5) is 13.2 Å². The van der Waals surface area contributed by atoms with E-state index in [4.69, 9.17) is 0 Å². The van der Waals surface area contributed by atoms with E-state index < -0.39 is 6.36 Å². The first kappa shape index (κ1) is 20.1. The molecule has 0 spiro atoms. The van der Waals surface area contributed by atoms with Crippen molar-refractivity contribution in [3.05, 3.63) is 29.8 Å². The molecule has 1 aliphatic heterocycles. The number of carbonyl (C=O) groups is 2. The lowest BCUT2D eigenvalue weighted by atomic mass is 9.97. The minimum Gasteiger partial charge on any atom is -0.406 e. The first-order valence-electron chi connectivity index (χ1n) is 8.68. The molecule has 0 saturated carbocycles. The highest BCUT2D eigenvalue weighted by Crippen LogP contribution is 2.23. The van der Waals surface area contributed by atoms with Gasteiger partial charge in [-0.15, -0.1) is 13.2 Å². The normalized spacial score (nSPS) is 17.7. The fourth-order valence-electron chi connectivity index (χ4n) is 2.97. The van der Waals surface area contributed by atoms with Crippen LogP contribution in [0.2, 0.25) is 0 Å². The van der Waals surface area contributed by atoms with Crippen LogP contribution in [-0.2, 0) is 16.0 Å². The summed E-state index contributed by atoms with van der Waals surface area (Å²) >= 11 is 0. The van der Waals surface area contributed by atoms with Crippen LogP contribution in [0.5, 0.6) is 5.75 Å². The Kier molecular flexibility index (Phi) is 6.88. The largest absolute Gasteiger partial charge is 0.573 e. The second-order valence-electron chi connectivity index (χ2n) is 6.27. The third kappa shape index (κ3) is 6.24. The molecule has 26 heavy (non-hydrogen) atoms. The van der Waals surface area contributed by atoms with Gasteiger partial charge in [0.1, 0.15) is 5.75 Å². The van der Waals surface area contributed by atoms with Gasteiger partial charge in [0.2, 0.25) is 11.8 Å². The van der Waals surface area contributed by atoms with E-state index in [-0.39, 0.29) is 23.5 Å². The Bertz CT molecular complexity index is 617. The summed E-state index contributed by atoms with van der Waals surface area (Å²) in [5.41, 5.74) is 0.797. The molecule has 0 unspecified atom stereocenters. The van der Waals surface area contributed by atoms with Gasteiger partial charge in [0.05, 0.1) is 5.92 Å². The zero-order chi connectivity index (χ0) is 19.2. The summed E-state index contributed by atoms with van der Waals surface area (Å²) in [6.45, 7) is 3.33. The standard InChI is InChI=1S/C18H23F3N2O3/c1-2-16(24)23-11-3-4-14(12-23)17(25)22-10-9-13-5-7-15(8-6-13)26-18(19,20)21/h5-8,14H,2-4,9-12H2,1H3,(H,22,25)/t14-/m0/s1. The third-order valence-corrected chi connectivity index (χ3v) is 4.32. The second kappa shape index (κ2) is 8.91. The van der Waals surface area contributed by atoms with Gasteiger partial charge in [-0.05, 0) is 37.0 Å². The summed E-state index contributed by atoms with van der Waals surface area (Å²) in [5.74, 6) is -0.505. The van der Waals surface area contributed by atoms with Gasteiger partial charge in [0.15, 0.2) is 0 Å². The molecule has 1 aromatic rings. The smallest absolute Gasteiger partial charge is 0.406 e. The first-order valence-corrected chi connectivity index (χ1v) is 8.68. The van der Waals surface area contributed by atoms with E-state index in [2.05, 4.69) is 10.1 Å². The molecule has 144 valence electrons. The van der Waals surface area contributed by atoms with Crippen molar-refractivity contribution in [3.63, 3.8) is 0 Å². The number of benzene rings is 1. The van der Waals surface area contributed by atoms with Crippen molar-refractivity contribution in [3.8, 4) is 5.75 Å². The van der Waals surface area contributed by atoms with Gasteiger partial charge in [0, 0.05) is 26.1 Å². The highest BCUT2D eigenvalue weighted by Gasteiger charge is 2.31. The number of amides is 2. The second-order valence-corrected chi connectivity index (χ2v) is 6.27. The van der Waals surface area contributed by atoms with Crippen molar-refractivity contribution in [1.29, 1.82) is 0 Å². The highest BCUT2D eigenvalue weighted by atomic mass is 19.4. The minimum atomic E-state index is -4.71. The summed E-state index contributed by atoms with van der Waals surface area (Å²) in [7, 11) is 0. The van der Waals surface area contributed by atoms with Crippen LogP contribution < -0.4 is 10.1 Å². The zero-order valence-electron chi connectivity index (χ0n) is 14.6. The molecular formula is C18H23F3N2O3. The average molecular weight is 372 g/mol. The van der Waals surface area contributed by atoms with Crippen molar-refractivity contribution in [1.82, 2.24) is 10.2 Å². The molecule has 1 saturated heterocycles. The van der Waals surface area contributed by atoms with Gasteiger partial charge in [-0.3, -0.25) is 9.59 Å². The molecule has 1 fully saturated rings. The molecular weight excluding hydrogens is 349 g/mol. The Labute approximate surface area is 150 Å². The quantitative estimate of drug-likeness (QED) is 0.835. The number of piperidine rings is 1. The number of halogens is 3. The van der Waals surface area contributed by atoms with Gasteiger partial charge in [0.25, 0.3) is 0 Å². The van der Waals surface area contributed by atoms with E-state index in [1.807, 2.05) is 0 Å². The van der Waals surface area contributed by atoms with E-state index >= 15 is 0 Å². The summed E-state index contributed by atoms with van der Waals surface area (Å²) in [5, 5.41) is 2.84. The Morgan fingerprint density at radius 3 is 2.58 bits per heavy atom. The van der Waals surface area contributed by atoms with Crippen LogP contribution in [-0.4, -0.2) is 42.7 Å². The van der Waals surface area contributed by atoms with E-state index in [1.54, 1.807) is 11.8 Å². The molecule has 8 heteroatoms. The summed E-state index contributed by atoms with van der Waals surface area (Å²) in [6, 6.07) is 5.57. The van der Waals surface area contributed by atoms with Crippen LogP contribution >= 0.6 is 0 Å². The van der Waals surface area contributed by atoms with Gasteiger partial charge in [-0.2, -0.15) is 0 Å². The molecule has 0 aliphatic carbocycles. The van der Waals surface area contributed by atoms with Crippen LogP contribution in [0.15, 0.2) is 24.3 Å². The fourth-order valence-corrected chi connectivity index (χ4v) is 2.97. The number of nitrogens with one attached hydrogen (secondary N) is 1. The van der Waals surface area contributed by atoms with Crippen molar-refractivity contribution in [2.75, 3.05) is 19.6 Å². The lowest BCUT2D eigenvalue weighted by Crippen LogP contribution is -2.45. The minimum absolute atomic E-state index is 0.0589. The Morgan fingerprint density at radius 1 is 1.27 bits per heavy atom. The number of ether oxygens (including phenoxy) is 1. The zero-order valence-corrected chi connectivity index (χ0v) is 14.6. The van der Waals surface area contributed by atoms with Crippen LogP contribution in [0.3, 0.4) is 0 Å². The highest BCUT2D eigenvalue weighted by molar-refractivity contribution is 5.81. The lowest BCUT2D eigenvalue weighted by Gasteiger charge is -2.31. The van der Waals surface area contributed by atoms with E-state index in [0.29, 0.717) is 32.5 Å². The van der Waals surface area contributed by atoms with E-state index in [0.717, 1.165) is 18.4 Å².